The maximum atomic E-state index is 14.5. The van der Waals surface area contributed by atoms with Gasteiger partial charge in [-0.05, 0) is 66.3 Å². The Bertz CT molecular complexity index is 1640. The third kappa shape index (κ3) is 7.94. The minimum absolute atomic E-state index is 0.0794. The van der Waals surface area contributed by atoms with Gasteiger partial charge in [0, 0.05) is 19.5 Å². The fraction of sp³-hybridized carbons (Fsp3) is 0.278. The normalized spacial score (nSPS) is 12.0. The number of anilines is 1. The van der Waals surface area contributed by atoms with Crippen LogP contribution < -0.4 is 9.62 Å². The zero-order valence-corrected chi connectivity index (χ0v) is 26.6. The topological polar surface area (TPSA) is 86.8 Å². The summed E-state index contributed by atoms with van der Waals surface area (Å²) in [5, 5.41) is 2.89. The number of sulfonamides is 1. The van der Waals surface area contributed by atoms with Gasteiger partial charge in [-0.2, -0.15) is 0 Å². The lowest BCUT2D eigenvalue weighted by atomic mass is 10.0. The lowest BCUT2D eigenvalue weighted by Gasteiger charge is -2.34. The number of carbonyl (C=O) groups is 2. The van der Waals surface area contributed by atoms with Crippen molar-refractivity contribution in [3.63, 3.8) is 0 Å². The van der Waals surface area contributed by atoms with Crippen molar-refractivity contribution in [2.24, 2.45) is 0 Å². The van der Waals surface area contributed by atoms with Gasteiger partial charge in [0.05, 0.1) is 10.6 Å². The molecule has 0 bridgehead atoms. The predicted octanol–water partition coefficient (Wildman–Crippen LogP) is 6.09. The third-order valence-electron chi connectivity index (χ3n) is 7.68. The molecule has 0 spiro atoms. The second-order valence-electron chi connectivity index (χ2n) is 11.1. The summed E-state index contributed by atoms with van der Waals surface area (Å²) >= 11 is 0. The zero-order valence-electron chi connectivity index (χ0n) is 25.8. The first-order valence-electron chi connectivity index (χ1n) is 14.9. The maximum absolute atomic E-state index is 14.5. The van der Waals surface area contributed by atoms with Gasteiger partial charge in [-0.15, -0.1) is 0 Å². The average molecular weight is 612 g/mol. The average Bonchev–Trinajstić information content (AvgIpc) is 3.03. The molecule has 0 aliphatic rings. The van der Waals surface area contributed by atoms with Gasteiger partial charge in [-0.1, -0.05) is 98.8 Å². The van der Waals surface area contributed by atoms with Crippen molar-refractivity contribution < 1.29 is 18.0 Å². The lowest BCUT2D eigenvalue weighted by Crippen LogP contribution is -2.53. The first-order chi connectivity index (χ1) is 21.1. The minimum Gasteiger partial charge on any atom is -0.355 e. The summed E-state index contributed by atoms with van der Waals surface area (Å²) < 4.78 is 29.3. The SMILES string of the molecule is CCNC(=O)[C@H](Cc1ccccc1)N(Cc1ccccc1C)C(=O)CN(c1ccc(C(C)C)cc1)S(=O)(=O)c1ccccc1. The Morgan fingerprint density at radius 2 is 1.39 bits per heavy atom. The van der Waals surface area contributed by atoms with E-state index >= 15 is 0 Å². The van der Waals surface area contributed by atoms with E-state index in [4.69, 9.17) is 0 Å². The number of aryl methyl sites for hydroxylation is 1. The van der Waals surface area contributed by atoms with Gasteiger partial charge < -0.3 is 10.2 Å². The number of hydrogen-bond acceptors (Lipinski definition) is 4. The Labute approximate surface area is 261 Å². The molecule has 44 heavy (non-hydrogen) atoms. The fourth-order valence-electron chi connectivity index (χ4n) is 5.09. The molecule has 1 atom stereocenters. The van der Waals surface area contributed by atoms with Crippen LogP contribution in [0.4, 0.5) is 5.69 Å². The highest BCUT2D eigenvalue weighted by molar-refractivity contribution is 7.92. The molecule has 4 rings (SSSR count). The van der Waals surface area contributed by atoms with E-state index in [9.17, 15) is 18.0 Å². The molecule has 0 aliphatic carbocycles. The number of rotatable bonds is 13. The van der Waals surface area contributed by atoms with Gasteiger partial charge in [0.15, 0.2) is 0 Å². The van der Waals surface area contributed by atoms with Gasteiger partial charge >= 0.3 is 0 Å². The highest BCUT2D eigenvalue weighted by Gasteiger charge is 2.34. The number of amides is 2. The summed E-state index contributed by atoms with van der Waals surface area (Å²) in [6.45, 7) is 7.98. The van der Waals surface area contributed by atoms with E-state index in [-0.39, 0.29) is 29.7 Å². The van der Waals surface area contributed by atoms with Gasteiger partial charge in [-0.3, -0.25) is 13.9 Å². The molecular weight excluding hydrogens is 570 g/mol. The Morgan fingerprint density at radius 3 is 1.98 bits per heavy atom. The molecule has 1 N–H and O–H groups in total. The molecular formula is C36H41N3O4S. The van der Waals surface area contributed by atoms with Crippen LogP contribution >= 0.6 is 0 Å². The van der Waals surface area contributed by atoms with Crippen molar-refractivity contribution in [3.05, 3.63) is 131 Å². The molecule has 0 aliphatic heterocycles. The number of benzene rings is 4. The lowest BCUT2D eigenvalue weighted by molar-refractivity contribution is -0.140. The molecule has 4 aromatic carbocycles. The Balaban J connectivity index is 1.80. The Hall–Kier alpha value is -4.43. The summed E-state index contributed by atoms with van der Waals surface area (Å²) in [5.74, 6) is -0.518. The number of nitrogens with one attached hydrogen (secondary N) is 1. The number of hydrogen-bond donors (Lipinski definition) is 1. The van der Waals surface area contributed by atoms with E-state index in [0.29, 0.717) is 12.2 Å². The van der Waals surface area contributed by atoms with Gasteiger partial charge in [0.2, 0.25) is 11.8 Å². The summed E-state index contributed by atoms with van der Waals surface area (Å²) in [6, 6.07) is 31.7. The highest BCUT2D eigenvalue weighted by Crippen LogP contribution is 2.27. The third-order valence-corrected chi connectivity index (χ3v) is 9.47. The van der Waals surface area contributed by atoms with Crippen molar-refractivity contribution in [1.82, 2.24) is 10.2 Å². The second-order valence-corrected chi connectivity index (χ2v) is 13.0. The van der Waals surface area contributed by atoms with E-state index in [1.807, 2.05) is 80.6 Å². The zero-order chi connectivity index (χ0) is 31.7. The van der Waals surface area contributed by atoms with E-state index in [1.54, 1.807) is 30.3 Å². The van der Waals surface area contributed by atoms with Crippen LogP contribution in [0.25, 0.3) is 0 Å². The van der Waals surface area contributed by atoms with E-state index in [2.05, 4.69) is 19.2 Å². The fourth-order valence-corrected chi connectivity index (χ4v) is 6.53. The highest BCUT2D eigenvalue weighted by atomic mass is 32.2. The predicted molar refractivity (Wildman–Crippen MR) is 176 cm³/mol. The van der Waals surface area contributed by atoms with E-state index in [0.717, 1.165) is 26.6 Å². The van der Waals surface area contributed by atoms with Gasteiger partial charge in [0.25, 0.3) is 10.0 Å². The molecule has 8 heteroatoms. The van der Waals surface area contributed by atoms with Gasteiger partial charge in [-0.25, -0.2) is 8.42 Å². The molecule has 230 valence electrons. The van der Waals surface area contributed by atoms with Crippen molar-refractivity contribution >= 4 is 27.5 Å². The van der Waals surface area contributed by atoms with Crippen molar-refractivity contribution in [3.8, 4) is 0 Å². The molecule has 0 unspecified atom stereocenters. The molecule has 0 heterocycles. The van der Waals surface area contributed by atoms with Crippen molar-refractivity contribution in [2.45, 2.75) is 57.5 Å². The van der Waals surface area contributed by atoms with Crippen LogP contribution in [0, 0.1) is 6.92 Å². The van der Waals surface area contributed by atoms with E-state index in [1.165, 1.54) is 17.0 Å². The molecule has 0 saturated carbocycles. The summed E-state index contributed by atoms with van der Waals surface area (Å²) in [6.07, 6.45) is 0.277. The first-order valence-corrected chi connectivity index (χ1v) is 16.4. The maximum Gasteiger partial charge on any atom is 0.264 e. The van der Waals surface area contributed by atoms with Gasteiger partial charge in [0.1, 0.15) is 12.6 Å². The van der Waals surface area contributed by atoms with Crippen LogP contribution in [0.3, 0.4) is 0 Å². The van der Waals surface area contributed by atoms with Crippen LogP contribution in [-0.4, -0.2) is 44.3 Å². The monoisotopic (exact) mass is 611 g/mol. The second kappa shape index (κ2) is 14.8. The first kappa shape index (κ1) is 32.5. The molecule has 0 radical (unpaired) electrons. The van der Waals surface area contributed by atoms with Crippen molar-refractivity contribution in [1.29, 1.82) is 0 Å². The summed E-state index contributed by atoms with van der Waals surface area (Å²) in [4.78, 5) is 29.7. The smallest absolute Gasteiger partial charge is 0.264 e. The standard InChI is InChI=1S/C36H41N3O4S/c1-5-37-36(41)34(24-29-15-8-6-9-16-29)38(25-31-17-13-12-14-28(31)4)35(40)26-39(32-22-20-30(21-23-32)27(2)3)44(42,43)33-18-10-7-11-19-33/h6-23,27,34H,5,24-26H2,1-4H3,(H,37,41)/t34-/m0/s1. The van der Waals surface area contributed by atoms with Crippen LogP contribution in [0.15, 0.2) is 114 Å². The number of nitrogens with zero attached hydrogens (tertiary/aromatic N) is 2. The molecule has 2 amide bonds. The molecule has 4 aromatic rings. The molecule has 7 nitrogen and oxygen atoms in total. The quantitative estimate of drug-likeness (QED) is 0.198. The molecule has 0 saturated heterocycles. The van der Waals surface area contributed by atoms with Crippen LogP contribution in [0.5, 0.6) is 0 Å². The van der Waals surface area contributed by atoms with Crippen LogP contribution in [0.1, 0.15) is 48.9 Å². The summed E-state index contributed by atoms with van der Waals surface area (Å²) in [5.41, 5.74) is 4.17. The summed E-state index contributed by atoms with van der Waals surface area (Å²) in [7, 11) is -4.13. The van der Waals surface area contributed by atoms with Crippen molar-refractivity contribution in [2.75, 3.05) is 17.4 Å². The minimum atomic E-state index is -4.13. The Morgan fingerprint density at radius 1 is 0.795 bits per heavy atom. The van der Waals surface area contributed by atoms with E-state index < -0.39 is 28.5 Å². The number of carbonyl (C=O) groups excluding carboxylic acids is 2. The molecule has 0 aromatic heterocycles. The Kier molecular flexibility index (Phi) is 11.0. The van der Waals surface area contributed by atoms with Crippen LogP contribution in [-0.2, 0) is 32.6 Å². The molecule has 0 fully saturated rings. The van der Waals surface area contributed by atoms with Crippen LogP contribution in [0.2, 0.25) is 0 Å². The largest absolute Gasteiger partial charge is 0.355 e. The number of likely N-dealkylation sites (N-methyl/N-ethyl adjacent to an activating group) is 1.